The van der Waals surface area contributed by atoms with Gasteiger partial charge in [0.25, 0.3) is 5.91 Å². The van der Waals surface area contributed by atoms with Crippen LogP contribution in [-0.4, -0.2) is 39.6 Å². The minimum absolute atomic E-state index is 0.0616. The Bertz CT molecular complexity index is 866. The SMILES string of the molecule is CCOc1ccc(-c2cccc(C(=O)N(C)[C@@H](C)c3nccs3)c2)nn1. The zero-order valence-electron chi connectivity index (χ0n) is 14.9. The van der Waals surface area contributed by atoms with Gasteiger partial charge in [-0.2, -0.15) is 0 Å². The molecule has 0 unspecified atom stereocenters. The number of amides is 1. The van der Waals surface area contributed by atoms with E-state index < -0.39 is 0 Å². The minimum atomic E-state index is -0.0866. The highest BCUT2D eigenvalue weighted by atomic mass is 32.1. The lowest BCUT2D eigenvalue weighted by Gasteiger charge is -2.23. The number of carbonyl (C=O) groups excluding carboxylic acids is 1. The Morgan fingerprint density at radius 2 is 2.12 bits per heavy atom. The lowest BCUT2D eigenvalue weighted by Crippen LogP contribution is -2.29. The van der Waals surface area contributed by atoms with Gasteiger partial charge in [-0.05, 0) is 32.0 Å². The quantitative estimate of drug-likeness (QED) is 0.661. The maximum Gasteiger partial charge on any atom is 0.254 e. The van der Waals surface area contributed by atoms with Crippen LogP contribution < -0.4 is 4.74 Å². The lowest BCUT2D eigenvalue weighted by molar-refractivity contribution is 0.0742. The number of carbonyl (C=O) groups is 1. The summed E-state index contributed by atoms with van der Waals surface area (Å²) < 4.78 is 5.31. The van der Waals surface area contributed by atoms with Crippen molar-refractivity contribution in [2.75, 3.05) is 13.7 Å². The maximum atomic E-state index is 12.9. The molecule has 1 amide bonds. The van der Waals surface area contributed by atoms with E-state index in [-0.39, 0.29) is 11.9 Å². The predicted molar refractivity (Wildman–Crippen MR) is 101 cm³/mol. The molecule has 0 aliphatic heterocycles. The smallest absolute Gasteiger partial charge is 0.254 e. The molecule has 3 rings (SSSR count). The van der Waals surface area contributed by atoms with E-state index in [0.717, 1.165) is 10.6 Å². The molecule has 6 nitrogen and oxygen atoms in total. The highest BCUT2D eigenvalue weighted by Crippen LogP contribution is 2.24. The van der Waals surface area contributed by atoms with Gasteiger partial charge in [-0.1, -0.05) is 12.1 Å². The number of aromatic nitrogens is 3. The highest BCUT2D eigenvalue weighted by molar-refractivity contribution is 7.09. The van der Waals surface area contributed by atoms with Crippen LogP contribution in [0.3, 0.4) is 0 Å². The first-order valence-corrected chi connectivity index (χ1v) is 9.21. The van der Waals surface area contributed by atoms with Crippen molar-refractivity contribution in [3.8, 4) is 17.1 Å². The molecule has 0 spiro atoms. The number of rotatable bonds is 6. The van der Waals surface area contributed by atoms with Crippen LogP contribution in [0.2, 0.25) is 0 Å². The van der Waals surface area contributed by atoms with Gasteiger partial charge in [-0.15, -0.1) is 21.5 Å². The lowest BCUT2D eigenvalue weighted by atomic mass is 10.1. The fraction of sp³-hybridized carbons (Fsp3) is 0.263. The largest absolute Gasteiger partial charge is 0.477 e. The number of benzene rings is 1. The van der Waals surface area contributed by atoms with Crippen molar-refractivity contribution >= 4 is 17.2 Å². The third-order valence-electron chi connectivity index (χ3n) is 4.05. The van der Waals surface area contributed by atoms with Crippen molar-refractivity contribution in [1.82, 2.24) is 20.1 Å². The molecule has 0 saturated heterocycles. The van der Waals surface area contributed by atoms with Crippen LogP contribution in [0.5, 0.6) is 5.88 Å². The molecular weight excluding hydrogens is 348 g/mol. The molecule has 3 aromatic rings. The van der Waals surface area contributed by atoms with Crippen LogP contribution in [0.4, 0.5) is 0 Å². The molecule has 0 radical (unpaired) electrons. The first-order chi connectivity index (χ1) is 12.6. The third-order valence-corrected chi connectivity index (χ3v) is 4.99. The molecule has 0 saturated carbocycles. The molecule has 7 heteroatoms. The van der Waals surface area contributed by atoms with Crippen LogP contribution in [0.25, 0.3) is 11.3 Å². The van der Waals surface area contributed by atoms with Crippen LogP contribution >= 0.6 is 11.3 Å². The molecule has 2 aromatic heterocycles. The van der Waals surface area contributed by atoms with Gasteiger partial charge in [-0.3, -0.25) is 4.79 Å². The summed E-state index contributed by atoms with van der Waals surface area (Å²) in [5.41, 5.74) is 2.13. The van der Waals surface area contributed by atoms with E-state index in [0.29, 0.717) is 23.7 Å². The Morgan fingerprint density at radius 1 is 1.27 bits per heavy atom. The van der Waals surface area contributed by atoms with E-state index in [9.17, 15) is 4.79 Å². The molecule has 0 fully saturated rings. The Labute approximate surface area is 156 Å². The summed E-state index contributed by atoms with van der Waals surface area (Å²) in [5, 5.41) is 11.0. The average molecular weight is 368 g/mol. The normalized spacial score (nSPS) is 11.8. The topological polar surface area (TPSA) is 68.2 Å². The molecule has 0 aliphatic carbocycles. The summed E-state index contributed by atoms with van der Waals surface area (Å²) in [6, 6.07) is 10.9. The standard InChI is InChI=1S/C19H20N4O2S/c1-4-25-17-9-8-16(21-22-17)14-6-5-7-15(12-14)19(24)23(3)13(2)18-20-10-11-26-18/h5-13H,4H2,1-3H3/t13-/m0/s1. The molecule has 0 aliphatic rings. The van der Waals surface area contributed by atoms with E-state index in [4.69, 9.17) is 4.74 Å². The van der Waals surface area contributed by atoms with Crippen molar-refractivity contribution in [1.29, 1.82) is 0 Å². The van der Waals surface area contributed by atoms with Crippen LogP contribution in [0.1, 0.15) is 35.3 Å². The van der Waals surface area contributed by atoms with Crippen molar-refractivity contribution in [3.05, 3.63) is 58.5 Å². The van der Waals surface area contributed by atoms with Gasteiger partial charge in [0.05, 0.1) is 18.3 Å². The molecule has 2 heterocycles. The zero-order valence-corrected chi connectivity index (χ0v) is 15.7. The molecule has 0 bridgehead atoms. The third kappa shape index (κ3) is 3.88. The number of hydrogen-bond acceptors (Lipinski definition) is 6. The number of ether oxygens (including phenoxy) is 1. The summed E-state index contributed by atoms with van der Waals surface area (Å²) >= 11 is 1.54. The van der Waals surface area contributed by atoms with E-state index >= 15 is 0 Å². The van der Waals surface area contributed by atoms with Gasteiger partial charge in [0.15, 0.2) is 0 Å². The number of nitrogens with zero attached hydrogens (tertiary/aromatic N) is 4. The second kappa shape index (κ2) is 8.05. The fourth-order valence-corrected chi connectivity index (χ4v) is 3.23. The zero-order chi connectivity index (χ0) is 18.5. The van der Waals surface area contributed by atoms with Crippen molar-refractivity contribution in [2.45, 2.75) is 19.9 Å². The second-order valence-corrected chi connectivity index (χ2v) is 6.66. The Morgan fingerprint density at radius 3 is 2.77 bits per heavy atom. The summed E-state index contributed by atoms with van der Waals surface area (Å²) in [6.45, 7) is 4.41. The molecule has 0 N–H and O–H groups in total. The van der Waals surface area contributed by atoms with Crippen molar-refractivity contribution < 1.29 is 9.53 Å². The molecule has 1 aromatic carbocycles. The maximum absolute atomic E-state index is 12.9. The van der Waals surface area contributed by atoms with E-state index in [1.54, 1.807) is 41.6 Å². The summed E-state index contributed by atoms with van der Waals surface area (Å²) in [7, 11) is 1.79. The fourth-order valence-electron chi connectivity index (χ4n) is 2.50. The summed E-state index contributed by atoms with van der Waals surface area (Å²) in [5.74, 6) is 0.425. The first kappa shape index (κ1) is 18.0. The van der Waals surface area contributed by atoms with Gasteiger partial charge >= 0.3 is 0 Å². The van der Waals surface area contributed by atoms with Gasteiger partial charge in [0, 0.05) is 35.8 Å². The van der Waals surface area contributed by atoms with Crippen molar-refractivity contribution in [2.24, 2.45) is 0 Å². The van der Waals surface area contributed by atoms with E-state index in [2.05, 4.69) is 15.2 Å². The average Bonchev–Trinajstić information content (AvgIpc) is 3.22. The minimum Gasteiger partial charge on any atom is -0.477 e. The van der Waals surface area contributed by atoms with Gasteiger partial charge in [0.2, 0.25) is 5.88 Å². The summed E-state index contributed by atoms with van der Waals surface area (Å²) in [4.78, 5) is 18.8. The Kier molecular flexibility index (Phi) is 5.58. The van der Waals surface area contributed by atoms with Gasteiger partial charge in [-0.25, -0.2) is 4.98 Å². The number of thiazole rings is 1. The molecule has 26 heavy (non-hydrogen) atoms. The molecule has 134 valence electrons. The van der Waals surface area contributed by atoms with Crippen LogP contribution in [0.15, 0.2) is 48.0 Å². The molecule has 1 atom stereocenters. The molecular formula is C19H20N4O2S. The van der Waals surface area contributed by atoms with Crippen LogP contribution in [-0.2, 0) is 0 Å². The Hall–Kier alpha value is -2.80. The first-order valence-electron chi connectivity index (χ1n) is 8.33. The highest BCUT2D eigenvalue weighted by Gasteiger charge is 2.21. The van der Waals surface area contributed by atoms with Crippen molar-refractivity contribution in [3.63, 3.8) is 0 Å². The van der Waals surface area contributed by atoms with Crippen LogP contribution in [0, 0.1) is 0 Å². The van der Waals surface area contributed by atoms with Gasteiger partial charge < -0.3 is 9.64 Å². The predicted octanol–water partition coefficient (Wildman–Crippen LogP) is 3.83. The van der Waals surface area contributed by atoms with Gasteiger partial charge in [0.1, 0.15) is 5.01 Å². The monoisotopic (exact) mass is 368 g/mol. The second-order valence-electron chi connectivity index (χ2n) is 5.73. The number of hydrogen-bond donors (Lipinski definition) is 0. The Balaban J connectivity index is 1.81. The van der Waals surface area contributed by atoms with E-state index in [1.807, 2.05) is 43.5 Å². The van der Waals surface area contributed by atoms with E-state index in [1.165, 1.54) is 0 Å². The summed E-state index contributed by atoms with van der Waals surface area (Å²) in [6.07, 6.45) is 1.75.